The molecule has 1 aliphatic rings. The molecule has 1 aromatic carbocycles. The van der Waals surface area contributed by atoms with Gasteiger partial charge in [-0.2, -0.15) is 0 Å². The second kappa shape index (κ2) is 6.60. The van der Waals surface area contributed by atoms with E-state index in [1.165, 1.54) is 0 Å². The first-order valence-corrected chi connectivity index (χ1v) is 7.56. The number of rotatable bonds is 4. The quantitative estimate of drug-likeness (QED) is 0.864. The van der Waals surface area contributed by atoms with Crippen molar-refractivity contribution < 1.29 is 9.53 Å². The summed E-state index contributed by atoms with van der Waals surface area (Å²) in [7, 11) is 0. The lowest BCUT2D eigenvalue weighted by Gasteiger charge is -2.31. The average molecular weight is 300 g/mol. The molecule has 0 spiro atoms. The zero-order valence-electron chi connectivity index (χ0n) is 12.7. The van der Waals surface area contributed by atoms with Gasteiger partial charge in [0.25, 0.3) is 5.91 Å². The van der Waals surface area contributed by atoms with Crippen molar-refractivity contribution in [2.45, 2.75) is 25.8 Å². The van der Waals surface area contributed by atoms with Crippen LogP contribution in [0.15, 0.2) is 36.7 Å². The summed E-state index contributed by atoms with van der Waals surface area (Å²) in [4.78, 5) is 14.1. The Kier molecular flexibility index (Phi) is 4.37. The Hall–Kier alpha value is -2.37. The van der Waals surface area contributed by atoms with Crippen molar-refractivity contribution in [3.63, 3.8) is 0 Å². The number of likely N-dealkylation sites (tertiary alicyclic amines) is 1. The van der Waals surface area contributed by atoms with Crippen molar-refractivity contribution in [3.8, 4) is 5.75 Å². The maximum atomic E-state index is 12.2. The van der Waals surface area contributed by atoms with E-state index in [1.54, 1.807) is 6.20 Å². The number of aryl methyl sites for hydroxylation is 1. The van der Waals surface area contributed by atoms with E-state index in [0.29, 0.717) is 6.04 Å². The summed E-state index contributed by atoms with van der Waals surface area (Å²) in [5, 5.41) is 7.87. The predicted octanol–water partition coefficient (Wildman–Crippen LogP) is 1.83. The van der Waals surface area contributed by atoms with Gasteiger partial charge in [-0.25, -0.2) is 4.68 Å². The summed E-state index contributed by atoms with van der Waals surface area (Å²) < 4.78 is 7.51. The number of para-hydroxylation sites is 1. The molecule has 1 aromatic heterocycles. The summed E-state index contributed by atoms with van der Waals surface area (Å²) >= 11 is 0. The molecule has 0 unspecified atom stereocenters. The lowest BCUT2D eigenvalue weighted by molar-refractivity contribution is -0.134. The molecule has 3 rings (SSSR count). The summed E-state index contributed by atoms with van der Waals surface area (Å²) in [5.41, 5.74) is 1.04. The van der Waals surface area contributed by atoms with Crippen LogP contribution in [0.1, 0.15) is 24.4 Å². The fourth-order valence-corrected chi connectivity index (χ4v) is 2.74. The van der Waals surface area contributed by atoms with Crippen LogP contribution >= 0.6 is 0 Å². The summed E-state index contributed by atoms with van der Waals surface area (Å²) in [6, 6.07) is 8.07. The predicted molar refractivity (Wildman–Crippen MR) is 81.5 cm³/mol. The van der Waals surface area contributed by atoms with E-state index in [-0.39, 0.29) is 12.5 Å². The molecule has 1 saturated heterocycles. The van der Waals surface area contributed by atoms with Crippen LogP contribution in [0.5, 0.6) is 5.75 Å². The van der Waals surface area contributed by atoms with E-state index in [2.05, 4.69) is 10.3 Å². The summed E-state index contributed by atoms with van der Waals surface area (Å²) in [6.07, 6.45) is 5.37. The van der Waals surface area contributed by atoms with Crippen LogP contribution in [0.2, 0.25) is 0 Å². The van der Waals surface area contributed by atoms with Crippen molar-refractivity contribution in [1.82, 2.24) is 19.9 Å². The molecule has 116 valence electrons. The van der Waals surface area contributed by atoms with E-state index in [9.17, 15) is 4.79 Å². The van der Waals surface area contributed by atoms with Crippen molar-refractivity contribution in [1.29, 1.82) is 0 Å². The van der Waals surface area contributed by atoms with Gasteiger partial charge in [-0.15, -0.1) is 5.10 Å². The molecule has 22 heavy (non-hydrogen) atoms. The zero-order chi connectivity index (χ0) is 15.4. The molecule has 1 aliphatic heterocycles. The minimum atomic E-state index is 0.0419. The number of aromatic nitrogens is 3. The van der Waals surface area contributed by atoms with E-state index in [1.807, 2.05) is 47.0 Å². The molecule has 6 heteroatoms. The lowest BCUT2D eigenvalue weighted by atomic mass is 10.1. The first-order valence-electron chi connectivity index (χ1n) is 7.56. The highest BCUT2D eigenvalue weighted by molar-refractivity contribution is 5.77. The van der Waals surface area contributed by atoms with Gasteiger partial charge in [0.05, 0.1) is 12.2 Å². The highest BCUT2D eigenvalue weighted by Gasteiger charge is 2.24. The van der Waals surface area contributed by atoms with E-state index >= 15 is 0 Å². The van der Waals surface area contributed by atoms with Crippen LogP contribution < -0.4 is 4.74 Å². The molecule has 0 N–H and O–H groups in total. The fourth-order valence-electron chi connectivity index (χ4n) is 2.74. The van der Waals surface area contributed by atoms with Gasteiger partial charge < -0.3 is 9.64 Å². The van der Waals surface area contributed by atoms with Gasteiger partial charge in [0.2, 0.25) is 0 Å². The summed E-state index contributed by atoms with van der Waals surface area (Å²) in [6.45, 7) is 3.54. The Balaban J connectivity index is 1.49. The molecule has 0 radical (unpaired) electrons. The molecule has 2 aromatic rings. The number of hydrogen-bond acceptors (Lipinski definition) is 4. The third-order valence-corrected chi connectivity index (χ3v) is 4.08. The highest BCUT2D eigenvalue weighted by atomic mass is 16.5. The van der Waals surface area contributed by atoms with Crippen LogP contribution in [-0.4, -0.2) is 45.5 Å². The Morgan fingerprint density at radius 2 is 2.09 bits per heavy atom. The Morgan fingerprint density at radius 3 is 2.77 bits per heavy atom. The van der Waals surface area contributed by atoms with Crippen LogP contribution in [0.25, 0.3) is 0 Å². The van der Waals surface area contributed by atoms with Gasteiger partial charge in [-0.1, -0.05) is 23.4 Å². The third kappa shape index (κ3) is 3.27. The number of amides is 1. The SMILES string of the molecule is Cc1ccccc1OCC(=O)N1CCC(n2ccnn2)CC1. The summed E-state index contributed by atoms with van der Waals surface area (Å²) in [5.74, 6) is 0.814. The Labute approximate surface area is 129 Å². The number of piperidine rings is 1. The molecule has 1 fully saturated rings. The Bertz CT molecular complexity index is 619. The highest BCUT2D eigenvalue weighted by Crippen LogP contribution is 2.21. The second-order valence-corrected chi connectivity index (χ2v) is 5.55. The van der Waals surface area contributed by atoms with Crippen LogP contribution in [0.4, 0.5) is 0 Å². The molecule has 2 heterocycles. The van der Waals surface area contributed by atoms with Crippen molar-refractivity contribution >= 4 is 5.91 Å². The van der Waals surface area contributed by atoms with Gasteiger partial charge in [-0.05, 0) is 31.4 Å². The number of carbonyl (C=O) groups excluding carboxylic acids is 1. The third-order valence-electron chi connectivity index (χ3n) is 4.08. The van der Waals surface area contributed by atoms with E-state index in [4.69, 9.17) is 4.74 Å². The fraction of sp³-hybridized carbons (Fsp3) is 0.438. The maximum Gasteiger partial charge on any atom is 0.260 e. The van der Waals surface area contributed by atoms with Crippen LogP contribution in [0, 0.1) is 6.92 Å². The van der Waals surface area contributed by atoms with Gasteiger partial charge in [0.1, 0.15) is 5.75 Å². The van der Waals surface area contributed by atoms with Gasteiger partial charge in [0.15, 0.2) is 6.61 Å². The maximum absolute atomic E-state index is 12.2. The van der Waals surface area contributed by atoms with Crippen LogP contribution in [-0.2, 0) is 4.79 Å². The standard InChI is InChI=1S/C16H20N4O2/c1-13-4-2-3-5-15(13)22-12-16(21)19-9-6-14(7-10-19)20-11-8-17-18-20/h2-5,8,11,14H,6-7,9-10,12H2,1H3. The number of hydrogen-bond donors (Lipinski definition) is 0. The van der Waals surface area contributed by atoms with Gasteiger partial charge >= 0.3 is 0 Å². The van der Waals surface area contributed by atoms with Gasteiger partial charge in [-0.3, -0.25) is 4.79 Å². The minimum absolute atomic E-state index is 0.0419. The van der Waals surface area contributed by atoms with Crippen molar-refractivity contribution in [2.75, 3.05) is 19.7 Å². The lowest BCUT2D eigenvalue weighted by Crippen LogP contribution is -2.41. The van der Waals surface area contributed by atoms with Gasteiger partial charge in [0, 0.05) is 19.3 Å². The Morgan fingerprint density at radius 1 is 1.32 bits per heavy atom. The smallest absolute Gasteiger partial charge is 0.260 e. The molecular formula is C16H20N4O2. The van der Waals surface area contributed by atoms with Crippen molar-refractivity contribution in [3.05, 3.63) is 42.2 Å². The molecule has 6 nitrogen and oxygen atoms in total. The van der Waals surface area contributed by atoms with Crippen LogP contribution in [0.3, 0.4) is 0 Å². The molecule has 0 atom stereocenters. The van der Waals surface area contributed by atoms with E-state index < -0.39 is 0 Å². The monoisotopic (exact) mass is 300 g/mol. The molecule has 0 aliphatic carbocycles. The minimum Gasteiger partial charge on any atom is -0.484 e. The molecular weight excluding hydrogens is 280 g/mol. The van der Waals surface area contributed by atoms with E-state index in [0.717, 1.165) is 37.2 Å². The number of benzene rings is 1. The first kappa shape index (κ1) is 14.6. The molecule has 0 bridgehead atoms. The number of ether oxygens (including phenoxy) is 1. The number of nitrogens with zero attached hydrogens (tertiary/aromatic N) is 4. The first-order chi connectivity index (χ1) is 10.7. The second-order valence-electron chi connectivity index (χ2n) is 5.55. The molecule has 0 saturated carbocycles. The normalized spacial score (nSPS) is 15.8. The largest absolute Gasteiger partial charge is 0.484 e. The topological polar surface area (TPSA) is 60.2 Å². The number of carbonyl (C=O) groups is 1. The zero-order valence-corrected chi connectivity index (χ0v) is 12.7. The van der Waals surface area contributed by atoms with Crippen molar-refractivity contribution in [2.24, 2.45) is 0 Å². The average Bonchev–Trinajstić information content (AvgIpc) is 3.08. The molecule has 1 amide bonds.